The zero-order valence-electron chi connectivity index (χ0n) is 11.3. The predicted molar refractivity (Wildman–Crippen MR) is 68.3 cm³/mol. The van der Waals surface area contributed by atoms with Gasteiger partial charge in [-0.25, -0.2) is 0 Å². The van der Waals surface area contributed by atoms with Crippen molar-refractivity contribution in [2.45, 2.75) is 45.6 Å². The third-order valence-electron chi connectivity index (χ3n) is 3.30. The van der Waals surface area contributed by atoms with Gasteiger partial charge in [0.05, 0.1) is 0 Å². The van der Waals surface area contributed by atoms with Gasteiger partial charge in [-0.2, -0.15) is 4.98 Å². The van der Waals surface area contributed by atoms with Crippen molar-refractivity contribution in [3.8, 4) is 0 Å². The molecule has 2 rings (SSSR count). The molecule has 5 heteroatoms. The molecule has 1 aromatic rings. The molecule has 0 radical (unpaired) electrons. The number of hydrogen-bond donors (Lipinski definition) is 1. The maximum atomic E-state index is 5.59. The van der Waals surface area contributed by atoms with Crippen LogP contribution in [0.1, 0.15) is 50.7 Å². The minimum Gasteiger partial charge on any atom is -0.372 e. The number of nitrogens with zero attached hydrogens (tertiary/aromatic N) is 2. The van der Waals surface area contributed by atoms with Crippen LogP contribution in [-0.2, 0) is 11.3 Å². The second-order valence-corrected chi connectivity index (χ2v) is 5.25. The lowest BCUT2D eigenvalue weighted by Gasteiger charge is -2.22. The van der Waals surface area contributed by atoms with Crippen LogP contribution in [0.3, 0.4) is 0 Å². The molecule has 1 aliphatic heterocycles. The van der Waals surface area contributed by atoms with Gasteiger partial charge < -0.3 is 14.6 Å². The smallest absolute Gasteiger partial charge is 0.252 e. The highest BCUT2D eigenvalue weighted by atomic mass is 16.5. The maximum Gasteiger partial charge on any atom is 0.252 e. The van der Waals surface area contributed by atoms with Crippen LogP contribution in [0, 0.1) is 5.92 Å². The Balaban J connectivity index is 1.62. The molecule has 1 saturated heterocycles. The van der Waals surface area contributed by atoms with Crippen LogP contribution in [-0.4, -0.2) is 29.8 Å². The summed E-state index contributed by atoms with van der Waals surface area (Å²) in [6.07, 6.45) is 3.71. The van der Waals surface area contributed by atoms with Gasteiger partial charge in [-0.1, -0.05) is 19.0 Å². The molecule has 1 atom stereocenters. The van der Waals surface area contributed by atoms with Crippen molar-refractivity contribution in [1.29, 1.82) is 0 Å². The minimum absolute atomic E-state index is 0.302. The predicted octanol–water partition coefficient (Wildman–Crippen LogP) is 2.10. The second-order valence-electron chi connectivity index (χ2n) is 5.25. The normalized spacial score (nSPS) is 20.5. The molecule has 1 aromatic heterocycles. The Hall–Kier alpha value is -0.940. The molecule has 0 amide bonds. The summed E-state index contributed by atoms with van der Waals surface area (Å²) in [5, 5.41) is 7.32. The Kier molecular flexibility index (Phi) is 5.13. The number of piperidine rings is 1. The van der Waals surface area contributed by atoms with Gasteiger partial charge in [0.1, 0.15) is 6.61 Å². The monoisotopic (exact) mass is 253 g/mol. The first-order valence-corrected chi connectivity index (χ1v) is 6.86. The maximum absolute atomic E-state index is 5.59. The van der Waals surface area contributed by atoms with Gasteiger partial charge >= 0.3 is 0 Å². The van der Waals surface area contributed by atoms with Crippen LogP contribution < -0.4 is 5.32 Å². The van der Waals surface area contributed by atoms with Gasteiger partial charge in [-0.15, -0.1) is 0 Å². The van der Waals surface area contributed by atoms with Crippen molar-refractivity contribution in [3.63, 3.8) is 0 Å². The Bertz CT molecular complexity index is 346. The van der Waals surface area contributed by atoms with E-state index < -0.39 is 0 Å². The van der Waals surface area contributed by atoms with Gasteiger partial charge in [0.15, 0.2) is 5.82 Å². The molecule has 1 fully saturated rings. The largest absolute Gasteiger partial charge is 0.372 e. The highest BCUT2D eigenvalue weighted by Gasteiger charge is 2.13. The molecule has 102 valence electrons. The summed E-state index contributed by atoms with van der Waals surface area (Å²) in [6.45, 7) is 7.58. The SMILES string of the molecule is CC(C)c1noc(COCCC2CCCNC2)n1. The van der Waals surface area contributed by atoms with E-state index in [1.54, 1.807) is 0 Å². The first-order chi connectivity index (χ1) is 8.75. The standard InChI is InChI=1S/C13H23N3O2/c1-10(2)13-15-12(18-16-13)9-17-7-5-11-4-3-6-14-8-11/h10-11,14H,3-9H2,1-2H3. The highest BCUT2D eigenvalue weighted by molar-refractivity contribution is 4.90. The van der Waals surface area contributed by atoms with Gasteiger partial charge in [0, 0.05) is 12.5 Å². The molecule has 2 heterocycles. The molecule has 1 unspecified atom stereocenters. The lowest BCUT2D eigenvalue weighted by molar-refractivity contribution is 0.0838. The topological polar surface area (TPSA) is 60.2 Å². The van der Waals surface area contributed by atoms with E-state index in [9.17, 15) is 0 Å². The van der Waals surface area contributed by atoms with Crippen molar-refractivity contribution in [2.75, 3.05) is 19.7 Å². The van der Waals surface area contributed by atoms with Gasteiger partial charge in [0.2, 0.25) is 0 Å². The van der Waals surface area contributed by atoms with Crippen LogP contribution in [0.5, 0.6) is 0 Å². The van der Waals surface area contributed by atoms with Gasteiger partial charge in [0.25, 0.3) is 5.89 Å². The fourth-order valence-corrected chi connectivity index (χ4v) is 2.14. The van der Waals surface area contributed by atoms with Gasteiger partial charge in [-0.3, -0.25) is 0 Å². The van der Waals surface area contributed by atoms with Crippen molar-refractivity contribution < 1.29 is 9.26 Å². The van der Waals surface area contributed by atoms with Crippen LogP contribution >= 0.6 is 0 Å². The fourth-order valence-electron chi connectivity index (χ4n) is 2.14. The number of nitrogens with one attached hydrogen (secondary N) is 1. The molecule has 0 spiro atoms. The van der Waals surface area contributed by atoms with E-state index >= 15 is 0 Å². The molecule has 0 aromatic carbocycles. The first-order valence-electron chi connectivity index (χ1n) is 6.86. The van der Waals surface area contributed by atoms with Crippen LogP contribution in [0.4, 0.5) is 0 Å². The zero-order valence-corrected chi connectivity index (χ0v) is 11.3. The summed E-state index contributed by atoms with van der Waals surface area (Å²) in [7, 11) is 0. The lowest BCUT2D eigenvalue weighted by Crippen LogP contribution is -2.30. The van der Waals surface area contributed by atoms with E-state index in [1.807, 2.05) is 13.8 Å². The van der Waals surface area contributed by atoms with E-state index in [0.717, 1.165) is 37.9 Å². The molecular weight excluding hydrogens is 230 g/mol. The average molecular weight is 253 g/mol. The van der Waals surface area contributed by atoms with Crippen LogP contribution in [0.2, 0.25) is 0 Å². The number of ether oxygens (including phenoxy) is 1. The summed E-state index contributed by atoms with van der Waals surface area (Å²) >= 11 is 0. The molecule has 0 bridgehead atoms. The van der Waals surface area contributed by atoms with Crippen molar-refractivity contribution in [2.24, 2.45) is 5.92 Å². The molecular formula is C13H23N3O2. The van der Waals surface area contributed by atoms with Crippen LogP contribution in [0.25, 0.3) is 0 Å². The number of aromatic nitrogens is 2. The third-order valence-corrected chi connectivity index (χ3v) is 3.30. The Labute approximate surface area is 108 Å². The lowest BCUT2D eigenvalue weighted by atomic mass is 9.97. The van der Waals surface area contributed by atoms with Gasteiger partial charge in [-0.05, 0) is 38.3 Å². The van der Waals surface area contributed by atoms with Crippen molar-refractivity contribution in [3.05, 3.63) is 11.7 Å². The summed E-state index contributed by atoms with van der Waals surface area (Å²) in [5.74, 6) is 2.40. The van der Waals surface area contributed by atoms with E-state index in [1.165, 1.54) is 12.8 Å². The minimum atomic E-state index is 0.302. The van der Waals surface area contributed by atoms with E-state index in [-0.39, 0.29) is 0 Å². The molecule has 1 N–H and O–H groups in total. The van der Waals surface area contributed by atoms with E-state index in [4.69, 9.17) is 9.26 Å². The molecule has 18 heavy (non-hydrogen) atoms. The van der Waals surface area contributed by atoms with E-state index in [2.05, 4.69) is 15.5 Å². The average Bonchev–Trinajstić information content (AvgIpc) is 2.85. The van der Waals surface area contributed by atoms with Crippen molar-refractivity contribution in [1.82, 2.24) is 15.5 Å². The summed E-state index contributed by atoms with van der Waals surface area (Å²) in [6, 6.07) is 0. The fraction of sp³-hybridized carbons (Fsp3) is 0.846. The Morgan fingerprint density at radius 2 is 2.39 bits per heavy atom. The number of rotatable bonds is 6. The molecule has 1 aliphatic rings. The molecule has 0 saturated carbocycles. The third kappa shape index (κ3) is 4.07. The quantitative estimate of drug-likeness (QED) is 0.787. The molecule has 0 aliphatic carbocycles. The first kappa shape index (κ1) is 13.5. The number of hydrogen-bond acceptors (Lipinski definition) is 5. The summed E-state index contributed by atoms with van der Waals surface area (Å²) < 4.78 is 10.7. The second kappa shape index (κ2) is 6.85. The summed E-state index contributed by atoms with van der Waals surface area (Å²) in [5.41, 5.74) is 0. The summed E-state index contributed by atoms with van der Waals surface area (Å²) in [4.78, 5) is 4.28. The Morgan fingerprint density at radius 3 is 3.06 bits per heavy atom. The highest BCUT2D eigenvalue weighted by Crippen LogP contribution is 2.14. The zero-order chi connectivity index (χ0) is 12.8. The molecule has 5 nitrogen and oxygen atoms in total. The van der Waals surface area contributed by atoms with E-state index in [0.29, 0.717) is 18.4 Å². The van der Waals surface area contributed by atoms with Crippen molar-refractivity contribution >= 4 is 0 Å². The Morgan fingerprint density at radius 1 is 1.50 bits per heavy atom. The van der Waals surface area contributed by atoms with Crippen LogP contribution in [0.15, 0.2) is 4.52 Å².